The molecule has 1 spiro atoms. The van der Waals surface area contributed by atoms with Crippen molar-refractivity contribution >= 4 is 21.8 Å². The van der Waals surface area contributed by atoms with Gasteiger partial charge in [0.1, 0.15) is 11.4 Å². The van der Waals surface area contributed by atoms with Crippen LogP contribution < -0.4 is 5.32 Å². The molecule has 3 N–H and O–H groups in total. The fourth-order valence-electron chi connectivity index (χ4n) is 7.02. The number of aromatic hydroxyl groups is 2. The third-order valence-corrected chi connectivity index (χ3v) is 11.5. The zero-order valence-corrected chi connectivity index (χ0v) is 26.0. The minimum atomic E-state index is -4.14. The standard InChI is InChI=1S/C31H41F3N4O5S/c1-20-17-23(19-38-26(39)7-8-27(38)40)18-21(2)25(20)10-16-44(42,43)37-14-12-30(13-15-37)29(41)35-28(36-30)24-5-3-22(4-6-24)9-11-31(32,33)34/h7-8,17-18,22,24,39-40H,3-6,9-16,19H2,1-2H3,(H,35,36,41). The van der Waals surface area contributed by atoms with Gasteiger partial charge in [0.05, 0.1) is 12.3 Å². The molecule has 44 heavy (non-hydrogen) atoms. The van der Waals surface area contributed by atoms with Crippen molar-refractivity contribution in [2.75, 3.05) is 18.8 Å². The summed E-state index contributed by atoms with van der Waals surface area (Å²) >= 11 is 0. The topological polar surface area (TPSA) is 124 Å². The van der Waals surface area contributed by atoms with E-state index < -0.39 is 28.2 Å². The van der Waals surface area contributed by atoms with E-state index in [2.05, 4.69) is 5.32 Å². The number of carbonyl (C=O) groups is 1. The molecule has 0 atom stereocenters. The fourth-order valence-corrected chi connectivity index (χ4v) is 8.48. The second kappa shape index (κ2) is 12.4. The van der Waals surface area contributed by atoms with Crippen molar-refractivity contribution in [3.8, 4) is 11.8 Å². The Hall–Kier alpha value is -3.06. The molecule has 1 amide bonds. The first-order valence-corrected chi connectivity index (χ1v) is 16.9. The number of nitrogens with one attached hydrogen (secondary N) is 1. The highest BCUT2D eigenvalue weighted by Crippen LogP contribution is 2.38. The number of amides is 1. The van der Waals surface area contributed by atoms with Crippen molar-refractivity contribution in [3.05, 3.63) is 46.5 Å². The molecule has 1 aromatic heterocycles. The van der Waals surface area contributed by atoms with Crippen LogP contribution in [-0.2, 0) is 27.8 Å². The van der Waals surface area contributed by atoms with Gasteiger partial charge in [0.25, 0.3) is 5.91 Å². The monoisotopic (exact) mass is 638 g/mol. The van der Waals surface area contributed by atoms with Crippen molar-refractivity contribution in [1.82, 2.24) is 14.2 Å². The molecule has 0 unspecified atom stereocenters. The lowest BCUT2D eigenvalue weighted by Gasteiger charge is -2.34. The highest BCUT2D eigenvalue weighted by atomic mass is 32.2. The van der Waals surface area contributed by atoms with Crippen molar-refractivity contribution < 1.29 is 36.6 Å². The molecule has 2 fully saturated rings. The predicted octanol–water partition coefficient (Wildman–Crippen LogP) is 4.95. The second-order valence-corrected chi connectivity index (χ2v) is 14.8. The molecule has 1 saturated heterocycles. The zero-order valence-electron chi connectivity index (χ0n) is 25.2. The molecule has 3 aliphatic rings. The van der Waals surface area contributed by atoms with Crippen LogP contribution in [0.3, 0.4) is 0 Å². The summed E-state index contributed by atoms with van der Waals surface area (Å²) in [7, 11) is -3.59. The van der Waals surface area contributed by atoms with Crippen molar-refractivity contribution in [2.24, 2.45) is 16.8 Å². The Labute approximate surface area is 256 Å². The summed E-state index contributed by atoms with van der Waals surface area (Å²) < 4.78 is 67.3. The summed E-state index contributed by atoms with van der Waals surface area (Å²) in [5, 5.41) is 22.8. The number of benzene rings is 1. The number of amidine groups is 1. The summed E-state index contributed by atoms with van der Waals surface area (Å²) in [5.41, 5.74) is 2.68. The molecule has 13 heteroatoms. The Morgan fingerprint density at radius 1 is 1.02 bits per heavy atom. The first-order valence-electron chi connectivity index (χ1n) is 15.3. The summed E-state index contributed by atoms with van der Waals surface area (Å²) in [6, 6.07) is 6.70. The van der Waals surface area contributed by atoms with E-state index in [1.807, 2.05) is 26.0 Å². The van der Waals surface area contributed by atoms with Crippen LogP contribution >= 0.6 is 0 Å². The van der Waals surface area contributed by atoms with E-state index in [1.165, 1.54) is 21.0 Å². The van der Waals surface area contributed by atoms with Gasteiger partial charge >= 0.3 is 6.18 Å². The van der Waals surface area contributed by atoms with Crippen LogP contribution in [0.25, 0.3) is 0 Å². The average Bonchev–Trinajstić information content (AvgIpc) is 3.44. The Balaban J connectivity index is 1.15. The summed E-state index contributed by atoms with van der Waals surface area (Å²) in [6.07, 6.45) is -1.13. The van der Waals surface area contributed by atoms with Crippen LogP contribution in [0.4, 0.5) is 13.2 Å². The maximum absolute atomic E-state index is 13.3. The first-order chi connectivity index (χ1) is 20.7. The van der Waals surface area contributed by atoms with Gasteiger partial charge < -0.3 is 15.5 Å². The molecule has 3 heterocycles. The molecular formula is C31H41F3N4O5S. The molecule has 1 saturated carbocycles. The maximum atomic E-state index is 13.3. The van der Waals surface area contributed by atoms with Gasteiger partial charge in [-0.3, -0.25) is 14.4 Å². The fraction of sp³-hybridized carbons (Fsp3) is 0.613. The highest BCUT2D eigenvalue weighted by Gasteiger charge is 2.48. The number of piperidine rings is 1. The number of hydrogen-bond acceptors (Lipinski definition) is 6. The van der Waals surface area contributed by atoms with Crippen LogP contribution in [0.1, 0.15) is 73.6 Å². The largest absolute Gasteiger partial charge is 0.494 e. The van der Waals surface area contributed by atoms with Gasteiger partial charge in [-0.15, -0.1) is 0 Å². The number of aryl methyl sites for hydroxylation is 2. The number of alkyl halides is 3. The summed E-state index contributed by atoms with van der Waals surface area (Å²) in [5.74, 6) is 0.289. The zero-order chi connectivity index (χ0) is 31.9. The third kappa shape index (κ3) is 7.09. The van der Waals surface area contributed by atoms with E-state index in [1.54, 1.807) is 0 Å². The molecule has 5 rings (SSSR count). The van der Waals surface area contributed by atoms with E-state index in [9.17, 15) is 36.6 Å². The summed E-state index contributed by atoms with van der Waals surface area (Å²) in [6.45, 7) is 4.50. The minimum Gasteiger partial charge on any atom is -0.494 e. The number of aromatic nitrogens is 1. The lowest BCUT2D eigenvalue weighted by Crippen LogP contribution is -2.51. The molecule has 0 radical (unpaired) electrons. The number of hydrogen-bond donors (Lipinski definition) is 3. The van der Waals surface area contributed by atoms with Gasteiger partial charge in [0.2, 0.25) is 10.0 Å². The van der Waals surface area contributed by atoms with E-state index in [0.717, 1.165) is 22.3 Å². The molecular weight excluding hydrogens is 597 g/mol. The SMILES string of the molecule is Cc1cc(Cn2c(O)ccc2O)cc(C)c1CCS(=O)(=O)N1CCC2(CC1)N=C(C1CCC(CCC(F)(F)F)CC1)NC2=O. The van der Waals surface area contributed by atoms with Crippen molar-refractivity contribution in [1.29, 1.82) is 0 Å². The van der Waals surface area contributed by atoms with Crippen LogP contribution in [-0.4, -0.2) is 69.8 Å². The van der Waals surface area contributed by atoms with Crippen LogP contribution in [0.2, 0.25) is 0 Å². The minimum absolute atomic E-state index is 0.0137. The highest BCUT2D eigenvalue weighted by molar-refractivity contribution is 7.89. The van der Waals surface area contributed by atoms with Gasteiger partial charge in [-0.2, -0.15) is 13.2 Å². The van der Waals surface area contributed by atoms with Crippen molar-refractivity contribution in [3.63, 3.8) is 0 Å². The van der Waals surface area contributed by atoms with Gasteiger partial charge in [-0.1, -0.05) is 12.1 Å². The third-order valence-electron chi connectivity index (χ3n) is 9.65. The van der Waals surface area contributed by atoms with E-state index in [-0.39, 0.29) is 74.2 Å². The normalized spacial score (nSPS) is 22.8. The van der Waals surface area contributed by atoms with Crippen LogP contribution in [0.15, 0.2) is 29.3 Å². The van der Waals surface area contributed by atoms with Crippen LogP contribution in [0, 0.1) is 25.7 Å². The van der Waals surface area contributed by atoms with Crippen molar-refractivity contribution in [2.45, 2.75) is 89.9 Å². The smallest absolute Gasteiger partial charge is 0.389 e. The summed E-state index contributed by atoms with van der Waals surface area (Å²) in [4.78, 5) is 17.8. The van der Waals surface area contributed by atoms with Gasteiger partial charge in [0.15, 0.2) is 11.8 Å². The average molecular weight is 639 g/mol. The Bertz CT molecular complexity index is 1480. The van der Waals surface area contributed by atoms with Gasteiger partial charge in [0, 0.05) is 37.6 Å². The molecule has 2 aromatic rings. The lowest BCUT2D eigenvalue weighted by atomic mass is 9.79. The van der Waals surface area contributed by atoms with Gasteiger partial charge in [-0.25, -0.2) is 12.7 Å². The van der Waals surface area contributed by atoms with Gasteiger partial charge in [-0.05, 0) is 93.4 Å². The first kappa shape index (κ1) is 32.3. The number of nitrogens with zero attached hydrogens (tertiary/aromatic N) is 3. The molecule has 0 bridgehead atoms. The van der Waals surface area contributed by atoms with E-state index in [4.69, 9.17) is 4.99 Å². The van der Waals surface area contributed by atoms with E-state index in [0.29, 0.717) is 37.9 Å². The van der Waals surface area contributed by atoms with Crippen LogP contribution in [0.5, 0.6) is 11.8 Å². The molecule has 2 aliphatic heterocycles. The Morgan fingerprint density at radius 2 is 1.61 bits per heavy atom. The predicted molar refractivity (Wildman–Crippen MR) is 160 cm³/mol. The molecule has 1 aliphatic carbocycles. The number of sulfonamides is 1. The second-order valence-electron chi connectivity index (χ2n) is 12.7. The number of carbonyl (C=O) groups excluding carboxylic acids is 1. The maximum Gasteiger partial charge on any atom is 0.389 e. The lowest BCUT2D eigenvalue weighted by molar-refractivity contribution is -0.138. The Morgan fingerprint density at radius 3 is 2.18 bits per heavy atom. The molecule has 1 aromatic carbocycles. The quantitative estimate of drug-likeness (QED) is 0.359. The van der Waals surface area contributed by atoms with E-state index >= 15 is 0 Å². The molecule has 9 nitrogen and oxygen atoms in total. The molecule has 242 valence electrons. The number of halogens is 3. The Kier molecular flexibility index (Phi) is 9.10. The number of aliphatic imine (C=N–C) groups is 1. The number of rotatable bonds is 9.